The number of amides is 2. The van der Waals surface area contributed by atoms with E-state index in [1.807, 2.05) is 42.5 Å². The van der Waals surface area contributed by atoms with E-state index in [0.29, 0.717) is 28.2 Å². The zero-order chi connectivity index (χ0) is 23.3. The molecule has 2 amide bonds. The molecular weight excluding hydrogens is 452 g/mol. The average Bonchev–Trinajstić information content (AvgIpc) is 3.02. The van der Waals surface area contributed by atoms with Gasteiger partial charge in [-0.2, -0.15) is 4.98 Å². The highest BCUT2D eigenvalue weighted by molar-refractivity contribution is 8.18. The lowest BCUT2D eigenvalue weighted by Crippen LogP contribution is -2.31. The summed E-state index contributed by atoms with van der Waals surface area (Å²) >= 11 is 0.856. The van der Waals surface area contributed by atoms with Crippen molar-refractivity contribution in [2.24, 2.45) is 0 Å². The van der Waals surface area contributed by atoms with Crippen LogP contribution in [-0.4, -0.2) is 52.3 Å². The van der Waals surface area contributed by atoms with E-state index in [2.05, 4.69) is 30.1 Å². The van der Waals surface area contributed by atoms with Gasteiger partial charge in [0.05, 0.1) is 10.6 Å². The lowest BCUT2D eigenvalue weighted by atomic mass is 10.3. The van der Waals surface area contributed by atoms with Crippen molar-refractivity contribution in [3.05, 3.63) is 71.5 Å². The molecule has 172 valence electrons. The van der Waals surface area contributed by atoms with Crippen molar-refractivity contribution in [1.82, 2.24) is 20.3 Å². The number of rotatable bonds is 5. The number of para-hydroxylation sites is 1. The van der Waals surface area contributed by atoms with Crippen molar-refractivity contribution in [3.8, 4) is 11.6 Å². The van der Waals surface area contributed by atoms with Gasteiger partial charge < -0.3 is 14.5 Å². The minimum absolute atomic E-state index is 0.292. The van der Waals surface area contributed by atoms with Crippen molar-refractivity contribution in [1.29, 1.82) is 0 Å². The van der Waals surface area contributed by atoms with E-state index in [1.54, 1.807) is 24.5 Å². The van der Waals surface area contributed by atoms with Gasteiger partial charge in [-0.05, 0) is 48.5 Å². The fraction of sp³-hybridized carbons (Fsp3) is 0.208. The third kappa shape index (κ3) is 5.18. The van der Waals surface area contributed by atoms with Crippen molar-refractivity contribution in [2.75, 3.05) is 36.0 Å². The largest absolute Gasteiger partial charge is 0.439 e. The molecule has 2 aromatic heterocycles. The van der Waals surface area contributed by atoms with Crippen LogP contribution in [-0.2, 0) is 4.79 Å². The highest BCUT2D eigenvalue weighted by atomic mass is 32.2. The quantitative estimate of drug-likeness (QED) is 0.555. The molecule has 1 N–H and O–H groups in total. The number of hydrogen-bond donors (Lipinski definition) is 1. The van der Waals surface area contributed by atoms with Crippen molar-refractivity contribution < 1.29 is 14.3 Å². The van der Waals surface area contributed by atoms with Gasteiger partial charge in [-0.15, -0.1) is 0 Å². The normalized spacial score (nSPS) is 17.6. The van der Waals surface area contributed by atoms with Crippen LogP contribution < -0.4 is 19.9 Å². The molecule has 2 fully saturated rings. The number of hydrogen-bond acceptors (Lipinski definition) is 9. The van der Waals surface area contributed by atoms with E-state index in [-0.39, 0.29) is 0 Å². The maximum Gasteiger partial charge on any atom is 0.290 e. The second kappa shape index (κ2) is 9.92. The molecule has 2 saturated heterocycles. The van der Waals surface area contributed by atoms with Crippen molar-refractivity contribution in [2.45, 2.75) is 6.42 Å². The van der Waals surface area contributed by atoms with E-state index in [0.717, 1.165) is 50.0 Å². The molecule has 0 aliphatic carbocycles. The predicted molar refractivity (Wildman–Crippen MR) is 131 cm³/mol. The number of carbonyl (C=O) groups is 2. The second-order valence-corrected chi connectivity index (χ2v) is 8.75. The molecule has 9 nitrogen and oxygen atoms in total. The highest BCUT2D eigenvalue weighted by Crippen LogP contribution is 2.28. The molecule has 0 atom stereocenters. The van der Waals surface area contributed by atoms with Crippen molar-refractivity contribution >= 4 is 40.6 Å². The molecule has 5 rings (SSSR count). The first-order valence-electron chi connectivity index (χ1n) is 10.9. The van der Waals surface area contributed by atoms with Crippen LogP contribution in [0, 0.1) is 0 Å². The van der Waals surface area contributed by atoms with Crippen LogP contribution in [0.4, 0.5) is 16.4 Å². The van der Waals surface area contributed by atoms with E-state index < -0.39 is 11.1 Å². The molecule has 1 aromatic carbocycles. The standard InChI is InChI=1S/C24H22N6O3S/c31-22-20(34-24(32)28-22)15-17-16-21(33-19-5-2-1-3-6-19)27-23(26-17)30-12-4-11-29(13-14-30)18-7-9-25-10-8-18/h1-3,5-10,15-16H,4,11-14H2,(H,28,31,32). The summed E-state index contributed by atoms with van der Waals surface area (Å²) < 4.78 is 5.99. The molecule has 10 heteroatoms. The van der Waals surface area contributed by atoms with Gasteiger partial charge in [0, 0.05) is 50.3 Å². The number of benzene rings is 1. The van der Waals surface area contributed by atoms with Crippen LogP contribution in [0.5, 0.6) is 11.6 Å². The maximum atomic E-state index is 12.1. The maximum absolute atomic E-state index is 12.1. The first-order chi connectivity index (χ1) is 16.6. The Morgan fingerprint density at radius 2 is 1.71 bits per heavy atom. The SMILES string of the molecule is O=C1NC(=O)C(=Cc2cc(Oc3ccccc3)nc(N3CCCN(c4ccncc4)CC3)n2)S1. The van der Waals surface area contributed by atoms with Gasteiger partial charge in [-0.1, -0.05) is 18.2 Å². The summed E-state index contributed by atoms with van der Waals surface area (Å²) in [5.41, 5.74) is 1.64. The summed E-state index contributed by atoms with van der Waals surface area (Å²) in [6.07, 6.45) is 6.12. The Hall–Kier alpha value is -3.92. The number of anilines is 2. The highest BCUT2D eigenvalue weighted by Gasteiger charge is 2.26. The third-order valence-electron chi connectivity index (χ3n) is 5.40. The molecule has 0 spiro atoms. The summed E-state index contributed by atoms with van der Waals surface area (Å²) in [7, 11) is 0. The van der Waals surface area contributed by atoms with Gasteiger partial charge in [-0.25, -0.2) is 4.98 Å². The molecular formula is C24H22N6O3S. The molecule has 0 radical (unpaired) electrons. The molecule has 0 unspecified atom stereocenters. The summed E-state index contributed by atoms with van der Waals surface area (Å²) in [5.74, 6) is 1.11. The first kappa shape index (κ1) is 21.9. The van der Waals surface area contributed by atoms with E-state index in [9.17, 15) is 9.59 Å². The van der Waals surface area contributed by atoms with Crippen LogP contribution in [0.1, 0.15) is 12.1 Å². The number of nitrogens with one attached hydrogen (secondary N) is 1. The fourth-order valence-electron chi connectivity index (χ4n) is 3.79. The summed E-state index contributed by atoms with van der Waals surface area (Å²) in [6.45, 7) is 3.22. The molecule has 0 saturated carbocycles. The van der Waals surface area contributed by atoms with Crippen LogP contribution in [0.25, 0.3) is 6.08 Å². The van der Waals surface area contributed by atoms with Gasteiger partial charge in [0.2, 0.25) is 11.8 Å². The zero-order valence-electron chi connectivity index (χ0n) is 18.3. The number of aromatic nitrogens is 3. The molecule has 0 bridgehead atoms. The van der Waals surface area contributed by atoms with Gasteiger partial charge in [0.1, 0.15) is 5.75 Å². The van der Waals surface area contributed by atoms with Gasteiger partial charge in [0.25, 0.3) is 11.1 Å². The van der Waals surface area contributed by atoms with Crippen LogP contribution in [0.15, 0.2) is 65.8 Å². The minimum atomic E-state index is -0.427. The topological polar surface area (TPSA) is 101 Å². The smallest absolute Gasteiger partial charge is 0.290 e. The Balaban J connectivity index is 1.43. The number of carbonyl (C=O) groups excluding carboxylic acids is 2. The van der Waals surface area contributed by atoms with Gasteiger partial charge in [-0.3, -0.25) is 19.9 Å². The van der Waals surface area contributed by atoms with E-state index >= 15 is 0 Å². The van der Waals surface area contributed by atoms with Crippen LogP contribution in [0.3, 0.4) is 0 Å². The molecule has 2 aliphatic heterocycles. The number of imide groups is 1. The number of ether oxygens (including phenoxy) is 1. The summed E-state index contributed by atoms with van der Waals surface area (Å²) in [4.78, 5) is 41.8. The third-order valence-corrected chi connectivity index (χ3v) is 6.21. The summed E-state index contributed by atoms with van der Waals surface area (Å²) in [5, 5.41) is 1.88. The Kier molecular flexibility index (Phi) is 6.39. The van der Waals surface area contributed by atoms with Crippen LogP contribution in [0.2, 0.25) is 0 Å². The number of pyridine rings is 1. The summed E-state index contributed by atoms with van der Waals surface area (Å²) in [6, 6.07) is 15.1. The van der Waals surface area contributed by atoms with Crippen LogP contribution >= 0.6 is 11.8 Å². The zero-order valence-corrected chi connectivity index (χ0v) is 19.1. The molecule has 3 aromatic rings. The minimum Gasteiger partial charge on any atom is -0.439 e. The Morgan fingerprint density at radius 3 is 2.47 bits per heavy atom. The predicted octanol–water partition coefficient (Wildman–Crippen LogP) is 3.70. The van der Waals surface area contributed by atoms with Crippen molar-refractivity contribution in [3.63, 3.8) is 0 Å². The Morgan fingerprint density at radius 1 is 0.941 bits per heavy atom. The van der Waals surface area contributed by atoms with Gasteiger partial charge >= 0.3 is 0 Å². The first-order valence-corrected chi connectivity index (χ1v) is 11.7. The number of nitrogens with zero attached hydrogens (tertiary/aromatic N) is 5. The van der Waals surface area contributed by atoms with E-state index in [1.165, 1.54) is 0 Å². The molecule has 2 aliphatic rings. The number of thioether (sulfide) groups is 1. The Bertz CT molecular complexity index is 1220. The lowest BCUT2D eigenvalue weighted by Gasteiger charge is -2.23. The molecule has 34 heavy (non-hydrogen) atoms. The fourth-order valence-corrected chi connectivity index (χ4v) is 4.46. The Labute approximate surface area is 200 Å². The van der Waals surface area contributed by atoms with Gasteiger partial charge in [0.15, 0.2) is 0 Å². The lowest BCUT2D eigenvalue weighted by molar-refractivity contribution is -0.115. The monoisotopic (exact) mass is 474 g/mol. The average molecular weight is 475 g/mol. The second-order valence-electron chi connectivity index (χ2n) is 7.73. The van der Waals surface area contributed by atoms with E-state index in [4.69, 9.17) is 4.74 Å². The molecule has 4 heterocycles.